The second kappa shape index (κ2) is 12.9. The van der Waals surface area contributed by atoms with Gasteiger partial charge in [0.25, 0.3) is 0 Å². The number of guanidine groups is 1. The lowest BCUT2D eigenvalue weighted by Gasteiger charge is -2.33. The molecule has 1 aromatic rings. The first-order chi connectivity index (χ1) is 14.0. The van der Waals surface area contributed by atoms with Gasteiger partial charge in [-0.15, -0.1) is 0 Å². The fourth-order valence-corrected chi connectivity index (χ4v) is 3.43. The molecule has 2 N–H and O–H groups in total. The van der Waals surface area contributed by atoms with E-state index < -0.39 is 0 Å². The highest BCUT2D eigenvalue weighted by atomic mass is 35.5. The quantitative estimate of drug-likeness (QED) is 0.444. The van der Waals surface area contributed by atoms with Crippen molar-refractivity contribution in [2.75, 3.05) is 39.3 Å². The van der Waals surface area contributed by atoms with Crippen LogP contribution in [0, 0.1) is 0 Å². The Morgan fingerprint density at radius 3 is 2.62 bits per heavy atom. The zero-order chi connectivity index (χ0) is 21.1. The van der Waals surface area contributed by atoms with Gasteiger partial charge in [0.05, 0.1) is 24.3 Å². The Morgan fingerprint density at radius 2 is 1.97 bits per heavy atom. The number of nitrogens with one attached hydrogen (secondary N) is 2. The molecule has 0 radical (unpaired) electrons. The van der Waals surface area contributed by atoms with Crippen LogP contribution in [0.5, 0.6) is 5.75 Å². The third kappa shape index (κ3) is 9.24. The maximum atomic E-state index is 6.17. The molecule has 6 nitrogen and oxygen atoms in total. The third-order valence-electron chi connectivity index (χ3n) is 4.80. The molecule has 0 spiro atoms. The molecule has 1 atom stereocenters. The van der Waals surface area contributed by atoms with E-state index in [2.05, 4.69) is 36.3 Å². The van der Waals surface area contributed by atoms with Gasteiger partial charge in [-0.25, -0.2) is 4.99 Å². The number of nitrogens with zero attached hydrogens (tertiary/aromatic N) is 2. The van der Waals surface area contributed by atoms with Crippen LogP contribution in [0.15, 0.2) is 29.3 Å². The molecule has 7 heteroatoms. The predicted molar refractivity (Wildman–Crippen MR) is 121 cm³/mol. The van der Waals surface area contributed by atoms with Crippen molar-refractivity contribution in [3.05, 3.63) is 29.3 Å². The second-order valence-electron chi connectivity index (χ2n) is 7.76. The minimum absolute atomic E-state index is 0.0619. The van der Waals surface area contributed by atoms with E-state index in [1.807, 2.05) is 31.2 Å². The molecule has 1 fully saturated rings. The Kier molecular flexibility index (Phi) is 10.6. The number of benzene rings is 1. The van der Waals surface area contributed by atoms with Crippen molar-refractivity contribution in [2.45, 2.75) is 58.8 Å². The van der Waals surface area contributed by atoms with Gasteiger partial charge in [-0.3, -0.25) is 0 Å². The van der Waals surface area contributed by atoms with E-state index in [9.17, 15) is 0 Å². The largest absolute Gasteiger partial charge is 0.487 e. The van der Waals surface area contributed by atoms with Gasteiger partial charge in [-0.1, -0.05) is 23.7 Å². The Hall–Kier alpha value is -1.50. The van der Waals surface area contributed by atoms with Crippen LogP contribution in [-0.2, 0) is 4.74 Å². The van der Waals surface area contributed by atoms with Crippen LogP contribution in [0.3, 0.4) is 0 Å². The monoisotopic (exact) mass is 424 g/mol. The molecular formula is C22H37ClN4O2. The first kappa shape index (κ1) is 23.8. The number of aliphatic imine (C=N–C) groups is 1. The first-order valence-electron chi connectivity index (χ1n) is 10.8. The number of hydrogen-bond donors (Lipinski definition) is 2. The van der Waals surface area contributed by atoms with E-state index in [0.717, 1.165) is 51.6 Å². The second-order valence-corrected chi connectivity index (χ2v) is 8.17. The average Bonchev–Trinajstić information content (AvgIpc) is 2.69. The van der Waals surface area contributed by atoms with Crippen LogP contribution in [0.2, 0.25) is 5.02 Å². The van der Waals surface area contributed by atoms with Gasteiger partial charge in [0.2, 0.25) is 0 Å². The lowest BCUT2D eigenvalue weighted by Crippen LogP contribution is -2.49. The Labute approximate surface area is 181 Å². The Morgan fingerprint density at radius 1 is 1.24 bits per heavy atom. The van der Waals surface area contributed by atoms with E-state index in [0.29, 0.717) is 29.5 Å². The van der Waals surface area contributed by atoms with Gasteiger partial charge < -0.3 is 25.0 Å². The molecule has 1 aliphatic rings. The van der Waals surface area contributed by atoms with Crippen LogP contribution in [0.25, 0.3) is 0 Å². The van der Waals surface area contributed by atoms with Crippen molar-refractivity contribution in [3.8, 4) is 5.75 Å². The van der Waals surface area contributed by atoms with Crippen molar-refractivity contribution in [3.63, 3.8) is 0 Å². The molecule has 1 aliphatic heterocycles. The fraction of sp³-hybridized carbons (Fsp3) is 0.682. The molecule has 0 saturated carbocycles. The summed E-state index contributed by atoms with van der Waals surface area (Å²) in [4.78, 5) is 7.19. The molecule has 0 aromatic heterocycles. The van der Waals surface area contributed by atoms with Crippen molar-refractivity contribution in [1.29, 1.82) is 0 Å². The van der Waals surface area contributed by atoms with Gasteiger partial charge in [-0.2, -0.15) is 0 Å². The van der Waals surface area contributed by atoms with Crippen LogP contribution >= 0.6 is 11.6 Å². The molecule has 0 bridgehead atoms. The molecule has 29 heavy (non-hydrogen) atoms. The van der Waals surface area contributed by atoms with Gasteiger partial charge in [0.1, 0.15) is 11.9 Å². The van der Waals surface area contributed by atoms with Gasteiger partial charge in [0.15, 0.2) is 5.96 Å². The minimum Gasteiger partial charge on any atom is -0.487 e. The number of piperidine rings is 1. The third-order valence-corrected chi connectivity index (χ3v) is 5.11. The van der Waals surface area contributed by atoms with Crippen LogP contribution in [-0.4, -0.2) is 68.4 Å². The molecule has 1 heterocycles. The molecule has 0 amide bonds. The normalized spacial score (nSPS) is 17.4. The number of ether oxygens (including phenoxy) is 2. The number of likely N-dealkylation sites (tertiary alicyclic amines) is 1. The minimum atomic E-state index is -0.0619. The topological polar surface area (TPSA) is 58.1 Å². The zero-order valence-corrected chi connectivity index (χ0v) is 19.0. The van der Waals surface area contributed by atoms with E-state index in [4.69, 9.17) is 26.1 Å². The summed E-state index contributed by atoms with van der Waals surface area (Å²) in [6, 6.07) is 7.97. The summed E-state index contributed by atoms with van der Waals surface area (Å²) in [5.74, 6) is 1.55. The highest BCUT2D eigenvalue weighted by molar-refractivity contribution is 6.32. The fourth-order valence-electron chi connectivity index (χ4n) is 3.25. The maximum Gasteiger partial charge on any atom is 0.191 e. The highest BCUT2D eigenvalue weighted by Crippen LogP contribution is 2.24. The van der Waals surface area contributed by atoms with Crippen molar-refractivity contribution in [1.82, 2.24) is 15.5 Å². The smallest absolute Gasteiger partial charge is 0.191 e. The van der Waals surface area contributed by atoms with Crippen LogP contribution in [0.4, 0.5) is 0 Å². The number of halogens is 1. The number of para-hydroxylation sites is 1. The lowest BCUT2D eigenvalue weighted by atomic mass is 10.1. The number of hydrogen-bond acceptors (Lipinski definition) is 4. The van der Waals surface area contributed by atoms with Crippen molar-refractivity contribution < 1.29 is 9.47 Å². The standard InChI is InChI=1S/C22H37ClN4O2/c1-5-24-22(25-16-18(4)29-21-9-7-6-8-20(21)23)26-19-10-12-27(13-11-19)14-15-28-17(2)3/h6-9,17-19H,5,10-16H2,1-4H3,(H2,24,25,26). The predicted octanol–water partition coefficient (Wildman–Crippen LogP) is 3.55. The van der Waals surface area contributed by atoms with E-state index in [1.165, 1.54) is 0 Å². The van der Waals surface area contributed by atoms with E-state index in [1.54, 1.807) is 0 Å². The van der Waals surface area contributed by atoms with Gasteiger partial charge in [0, 0.05) is 32.2 Å². The number of rotatable bonds is 10. The molecule has 1 aromatic carbocycles. The Bertz CT molecular complexity index is 619. The summed E-state index contributed by atoms with van der Waals surface area (Å²) < 4.78 is 11.6. The highest BCUT2D eigenvalue weighted by Gasteiger charge is 2.20. The lowest BCUT2D eigenvalue weighted by molar-refractivity contribution is 0.0532. The first-order valence-corrected chi connectivity index (χ1v) is 11.2. The van der Waals surface area contributed by atoms with Gasteiger partial charge in [-0.05, 0) is 52.7 Å². The van der Waals surface area contributed by atoms with E-state index >= 15 is 0 Å². The summed E-state index contributed by atoms with van der Waals surface area (Å²) in [6.07, 6.45) is 2.46. The summed E-state index contributed by atoms with van der Waals surface area (Å²) in [5, 5.41) is 7.55. The molecule has 164 valence electrons. The molecule has 1 unspecified atom stereocenters. The van der Waals surface area contributed by atoms with E-state index in [-0.39, 0.29) is 6.10 Å². The van der Waals surface area contributed by atoms with Crippen LogP contribution in [0.1, 0.15) is 40.5 Å². The maximum absolute atomic E-state index is 6.17. The molecule has 2 rings (SSSR count). The zero-order valence-electron chi connectivity index (χ0n) is 18.3. The summed E-state index contributed by atoms with van der Waals surface area (Å²) in [5.41, 5.74) is 0. The Balaban J connectivity index is 1.77. The summed E-state index contributed by atoms with van der Waals surface area (Å²) in [7, 11) is 0. The summed E-state index contributed by atoms with van der Waals surface area (Å²) >= 11 is 6.17. The average molecular weight is 425 g/mol. The van der Waals surface area contributed by atoms with Gasteiger partial charge >= 0.3 is 0 Å². The van der Waals surface area contributed by atoms with Crippen molar-refractivity contribution in [2.24, 2.45) is 4.99 Å². The van der Waals surface area contributed by atoms with Crippen molar-refractivity contribution >= 4 is 17.6 Å². The molecular weight excluding hydrogens is 388 g/mol. The summed E-state index contributed by atoms with van der Waals surface area (Å²) in [6.45, 7) is 13.6. The molecule has 0 aliphatic carbocycles. The SMILES string of the molecule is CCNC(=NCC(C)Oc1ccccc1Cl)NC1CCN(CCOC(C)C)CC1. The molecule has 1 saturated heterocycles. The van der Waals surface area contributed by atoms with Crippen LogP contribution < -0.4 is 15.4 Å².